The summed E-state index contributed by atoms with van der Waals surface area (Å²) in [5.74, 6) is -0.876. The molecule has 2 aromatic rings. The van der Waals surface area contributed by atoms with Gasteiger partial charge in [0, 0.05) is 30.2 Å². The molecule has 2 rings (SSSR count). The van der Waals surface area contributed by atoms with E-state index in [2.05, 4.69) is 15.8 Å². The second-order valence-electron chi connectivity index (χ2n) is 6.30. The summed E-state index contributed by atoms with van der Waals surface area (Å²) in [5.41, 5.74) is 5.91. The van der Waals surface area contributed by atoms with Crippen LogP contribution >= 0.6 is 0 Å². The summed E-state index contributed by atoms with van der Waals surface area (Å²) in [6.45, 7) is 5.49. The molecule has 0 fully saturated rings. The fraction of sp³-hybridized carbons (Fsp3) is 0.250. The number of aromatic hydroxyl groups is 2. The lowest BCUT2D eigenvalue weighted by Crippen LogP contribution is -2.22. The topological polar surface area (TPSA) is 111 Å². The molecule has 142 valence electrons. The second-order valence-corrected chi connectivity index (χ2v) is 6.30. The van der Waals surface area contributed by atoms with Crippen molar-refractivity contribution in [2.24, 2.45) is 5.10 Å². The molecule has 0 radical (unpaired) electrons. The molecule has 0 spiro atoms. The first-order valence-electron chi connectivity index (χ1n) is 8.49. The van der Waals surface area contributed by atoms with Crippen molar-refractivity contribution in [1.29, 1.82) is 0 Å². The molecule has 0 saturated carbocycles. The Labute approximate surface area is 157 Å². The zero-order chi connectivity index (χ0) is 20.0. The van der Waals surface area contributed by atoms with E-state index >= 15 is 0 Å². The van der Waals surface area contributed by atoms with Crippen molar-refractivity contribution in [3.05, 3.63) is 53.1 Å². The van der Waals surface area contributed by atoms with E-state index in [-0.39, 0.29) is 30.2 Å². The standard InChI is InChI=1S/C20H23N3O4/c1-12-4-7-17(13(2)10-12)21-19(26)8-9-20(27)23-22-14(3)16-6-5-15(24)11-18(16)25/h4-7,10-11,24-25H,8-9H2,1-3H3,(H,21,26)(H,23,27)/b22-14-. The lowest BCUT2D eigenvalue weighted by Gasteiger charge is -2.09. The minimum atomic E-state index is -0.414. The number of hydrogen-bond donors (Lipinski definition) is 4. The molecule has 0 aliphatic heterocycles. The van der Waals surface area contributed by atoms with Crippen LogP contribution in [0.4, 0.5) is 5.69 Å². The van der Waals surface area contributed by atoms with E-state index in [1.54, 1.807) is 6.92 Å². The van der Waals surface area contributed by atoms with Gasteiger partial charge in [0.25, 0.3) is 0 Å². The summed E-state index contributed by atoms with van der Waals surface area (Å²) in [4.78, 5) is 23.9. The van der Waals surface area contributed by atoms with Gasteiger partial charge in [-0.05, 0) is 44.5 Å². The number of carbonyl (C=O) groups is 2. The monoisotopic (exact) mass is 369 g/mol. The third-order valence-corrected chi connectivity index (χ3v) is 3.95. The SMILES string of the molecule is C/C(=N/NC(=O)CCC(=O)Nc1ccc(C)cc1C)c1ccc(O)cc1O. The van der Waals surface area contributed by atoms with E-state index in [0.717, 1.165) is 16.8 Å². The van der Waals surface area contributed by atoms with Gasteiger partial charge in [0.05, 0.1) is 5.71 Å². The first-order valence-corrected chi connectivity index (χ1v) is 8.49. The summed E-state index contributed by atoms with van der Waals surface area (Å²) in [7, 11) is 0. The third-order valence-electron chi connectivity index (χ3n) is 3.95. The van der Waals surface area contributed by atoms with Gasteiger partial charge in [-0.15, -0.1) is 0 Å². The zero-order valence-electron chi connectivity index (χ0n) is 15.5. The first kappa shape index (κ1) is 20.0. The molecule has 0 unspecified atom stereocenters. The van der Waals surface area contributed by atoms with E-state index in [0.29, 0.717) is 11.3 Å². The molecule has 0 heterocycles. The van der Waals surface area contributed by atoms with Crippen LogP contribution in [-0.2, 0) is 9.59 Å². The highest BCUT2D eigenvalue weighted by Crippen LogP contribution is 2.23. The fourth-order valence-electron chi connectivity index (χ4n) is 2.48. The van der Waals surface area contributed by atoms with Crippen LogP contribution in [0.1, 0.15) is 36.5 Å². The largest absolute Gasteiger partial charge is 0.508 e. The Hall–Kier alpha value is -3.35. The average Bonchev–Trinajstić information content (AvgIpc) is 2.60. The molecule has 0 atom stereocenters. The lowest BCUT2D eigenvalue weighted by molar-refractivity contribution is -0.124. The van der Waals surface area contributed by atoms with Crippen molar-refractivity contribution in [3.8, 4) is 11.5 Å². The van der Waals surface area contributed by atoms with Crippen LogP contribution in [0.2, 0.25) is 0 Å². The van der Waals surface area contributed by atoms with E-state index in [1.807, 2.05) is 32.0 Å². The molecule has 2 amide bonds. The second kappa shape index (κ2) is 8.84. The molecule has 2 aromatic carbocycles. The Morgan fingerprint density at radius 1 is 1.00 bits per heavy atom. The summed E-state index contributed by atoms with van der Waals surface area (Å²) >= 11 is 0. The number of nitrogens with one attached hydrogen (secondary N) is 2. The molecule has 4 N–H and O–H groups in total. The van der Waals surface area contributed by atoms with Crippen molar-refractivity contribution in [1.82, 2.24) is 5.43 Å². The van der Waals surface area contributed by atoms with Crippen molar-refractivity contribution < 1.29 is 19.8 Å². The van der Waals surface area contributed by atoms with E-state index in [1.165, 1.54) is 18.2 Å². The van der Waals surface area contributed by atoms with Crippen molar-refractivity contribution in [2.75, 3.05) is 5.32 Å². The maximum atomic E-state index is 12.0. The smallest absolute Gasteiger partial charge is 0.240 e. The van der Waals surface area contributed by atoms with E-state index < -0.39 is 5.91 Å². The highest BCUT2D eigenvalue weighted by Gasteiger charge is 2.10. The van der Waals surface area contributed by atoms with Crippen molar-refractivity contribution >= 4 is 23.2 Å². The minimum Gasteiger partial charge on any atom is -0.508 e. The minimum absolute atomic E-state index is 0.0188. The predicted octanol–water partition coefficient (Wildman–Crippen LogP) is 2.97. The molecule has 7 nitrogen and oxygen atoms in total. The van der Waals surface area contributed by atoms with Crippen LogP contribution in [0.25, 0.3) is 0 Å². The number of nitrogens with zero attached hydrogens (tertiary/aromatic N) is 1. The van der Waals surface area contributed by atoms with Gasteiger partial charge in [-0.2, -0.15) is 5.10 Å². The first-order chi connectivity index (χ1) is 12.8. The Bertz CT molecular complexity index is 891. The number of aryl methyl sites for hydroxylation is 2. The molecule has 7 heteroatoms. The normalized spacial score (nSPS) is 11.1. The highest BCUT2D eigenvalue weighted by atomic mass is 16.3. The maximum absolute atomic E-state index is 12.0. The summed E-state index contributed by atoms with van der Waals surface area (Å²) in [5, 5.41) is 25.8. The molecule has 0 bridgehead atoms. The Morgan fingerprint density at radius 2 is 1.70 bits per heavy atom. The molecule has 27 heavy (non-hydrogen) atoms. The van der Waals surface area contributed by atoms with Gasteiger partial charge < -0.3 is 15.5 Å². The van der Waals surface area contributed by atoms with Gasteiger partial charge in [0.15, 0.2) is 0 Å². The number of benzene rings is 2. The summed E-state index contributed by atoms with van der Waals surface area (Å²) < 4.78 is 0. The average molecular weight is 369 g/mol. The number of amides is 2. The van der Waals surface area contributed by atoms with Crippen molar-refractivity contribution in [3.63, 3.8) is 0 Å². The summed E-state index contributed by atoms with van der Waals surface area (Å²) in [6, 6.07) is 9.80. The molecule has 0 aromatic heterocycles. The van der Waals surface area contributed by atoms with Gasteiger partial charge in [-0.1, -0.05) is 17.7 Å². The number of hydrogen-bond acceptors (Lipinski definition) is 5. The van der Waals surface area contributed by atoms with Crippen LogP contribution in [0.15, 0.2) is 41.5 Å². The Kier molecular flexibility index (Phi) is 6.54. The fourth-order valence-corrected chi connectivity index (χ4v) is 2.48. The molecule has 0 saturated heterocycles. The quantitative estimate of drug-likeness (QED) is 0.463. The number of rotatable bonds is 6. The number of phenolic OH excluding ortho intramolecular Hbond substituents is 2. The van der Waals surface area contributed by atoms with Gasteiger partial charge in [0.1, 0.15) is 11.5 Å². The van der Waals surface area contributed by atoms with Gasteiger partial charge in [-0.3, -0.25) is 9.59 Å². The van der Waals surface area contributed by atoms with E-state index in [9.17, 15) is 19.8 Å². The lowest BCUT2D eigenvalue weighted by atomic mass is 10.1. The molecule has 0 aliphatic carbocycles. The molecule has 0 aliphatic rings. The molecular weight excluding hydrogens is 346 g/mol. The number of anilines is 1. The van der Waals surface area contributed by atoms with Crippen molar-refractivity contribution in [2.45, 2.75) is 33.6 Å². The number of phenols is 2. The van der Waals surface area contributed by atoms with Crippen LogP contribution in [0, 0.1) is 13.8 Å². The molecular formula is C20H23N3O4. The number of carbonyl (C=O) groups excluding carboxylic acids is 2. The Balaban J connectivity index is 1.85. The van der Waals surface area contributed by atoms with E-state index in [4.69, 9.17) is 0 Å². The number of hydrazone groups is 1. The zero-order valence-corrected chi connectivity index (χ0v) is 15.5. The van der Waals surface area contributed by atoms with Gasteiger partial charge in [0.2, 0.25) is 11.8 Å². The summed E-state index contributed by atoms with van der Waals surface area (Å²) in [6.07, 6.45) is 0.00720. The third kappa shape index (κ3) is 5.85. The highest BCUT2D eigenvalue weighted by molar-refractivity contribution is 6.01. The Morgan fingerprint density at radius 3 is 2.37 bits per heavy atom. The maximum Gasteiger partial charge on any atom is 0.240 e. The van der Waals surface area contributed by atoms with Crippen LogP contribution < -0.4 is 10.7 Å². The van der Waals surface area contributed by atoms with Crippen LogP contribution in [0.3, 0.4) is 0 Å². The van der Waals surface area contributed by atoms with Crippen LogP contribution in [0.5, 0.6) is 11.5 Å². The van der Waals surface area contributed by atoms with Gasteiger partial charge in [-0.25, -0.2) is 5.43 Å². The van der Waals surface area contributed by atoms with Gasteiger partial charge >= 0.3 is 0 Å². The van der Waals surface area contributed by atoms with Crippen LogP contribution in [-0.4, -0.2) is 27.7 Å². The predicted molar refractivity (Wildman–Crippen MR) is 104 cm³/mol.